The van der Waals surface area contributed by atoms with Crippen molar-refractivity contribution < 1.29 is 0 Å². The molecule has 0 amide bonds. The first kappa shape index (κ1) is 12.7. The third-order valence-electron chi connectivity index (χ3n) is 1.81. The lowest BCUT2D eigenvalue weighted by Gasteiger charge is -1.88. The van der Waals surface area contributed by atoms with E-state index < -0.39 is 0 Å². The fourth-order valence-electron chi connectivity index (χ4n) is 1.03. The molecule has 0 saturated carbocycles. The van der Waals surface area contributed by atoms with Crippen molar-refractivity contribution in [3.8, 4) is 6.07 Å². The van der Waals surface area contributed by atoms with Crippen molar-refractivity contribution in [1.29, 1.82) is 5.26 Å². The number of hydrogen-bond donors (Lipinski definition) is 0. The summed E-state index contributed by atoms with van der Waals surface area (Å²) in [6.45, 7) is 3.67. The van der Waals surface area contributed by atoms with E-state index >= 15 is 0 Å². The Labute approximate surface area is 87.4 Å². The zero-order chi connectivity index (χ0) is 10.5. The molecule has 0 rings (SSSR count). The second kappa shape index (κ2) is 11.7. The number of unbranched alkanes of at least 4 members (excludes halogenated alkanes) is 3. The summed E-state index contributed by atoms with van der Waals surface area (Å²) in [6, 6.07) is 2.11. The summed E-state index contributed by atoms with van der Waals surface area (Å²) in [5.74, 6) is 0. The second-order valence-electron chi connectivity index (χ2n) is 3.09. The molecule has 14 heavy (non-hydrogen) atoms. The molecular formula is C13H19N. The highest BCUT2D eigenvalue weighted by Gasteiger charge is 1.79. The molecule has 0 unspecified atom stereocenters. The molecule has 0 atom stereocenters. The second-order valence-corrected chi connectivity index (χ2v) is 3.09. The lowest BCUT2D eigenvalue weighted by atomic mass is 10.2. The molecule has 0 bridgehead atoms. The Hall–Kier alpha value is -1.29. The van der Waals surface area contributed by atoms with Crippen LogP contribution in [-0.4, -0.2) is 0 Å². The number of hydrogen-bond acceptors (Lipinski definition) is 1. The summed E-state index contributed by atoms with van der Waals surface area (Å²) in [7, 11) is 0. The van der Waals surface area contributed by atoms with Gasteiger partial charge in [0.25, 0.3) is 0 Å². The monoisotopic (exact) mass is 189 g/mol. The van der Waals surface area contributed by atoms with Crippen LogP contribution in [0.1, 0.15) is 38.5 Å². The largest absolute Gasteiger partial charge is 0.198 e. The SMILES string of the molecule is C=CCCC/C=C/C/C=C/CCC#N. The fraction of sp³-hybridized carbons (Fsp3) is 0.462. The van der Waals surface area contributed by atoms with Gasteiger partial charge in [-0.15, -0.1) is 6.58 Å². The van der Waals surface area contributed by atoms with Crippen molar-refractivity contribution in [3.63, 3.8) is 0 Å². The van der Waals surface area contributed by atoms with Gasteiger partial charge < -0.3 is 0 Å². The van der Waals surface area contributed by atoms with Crippen LogP contribution in [0.3, 0.4) is 0 Å². The molecule has 0 radical (unpaired) electrons. The van der Waals surface area contributed by atoms with Crippen LogP contribution in [0.15, 0.2) is 37.0 Å². The predicted molar refractivity (Wildman–Crippen MR) is 61.8 cm³/mol. The summed E-state index contributed by atoms with van der Waals surface area (Å²) in [4.78, 5) is 0. The molecule has 0 spiro atoms. The molecule has 0 fully saturated rings. The molecule has 0 aromatic rings. The summed E-state index contributed by atoms with van der Waals surface area (Å²) in [5.41, 5.74) is 0. The first-order chi connectivity index (χ1) is 6.91. The molecule has 0 saturated heterocycles. The van der Waals surface area contributed by atoms with Crippen molar-refractivity contribution in [1.82, 2.24) is 0 Å². The van der Waals surface area contributed by atoms with Crippen LogP contribution in [-0.2, 0) is 0 Å². The molecule has 1 heteroatoms. The predicted octanol–water partition coefficient (Wildman–Crippen LogP) is 4.15. The van der Waals surface area contributed by atoms with Gasteiger partial charge in [-0.1, -0.05) is 30.4 Å². The molecule has 1 nitrogen and oxygen atoms in total. The van der Waals surface area contributed by atoms with Crippen LogP contribution in [0, 0.1) is 11.3 Å². The first-order valence-corrected chi connectivity index (χ1v) is 5.19. The van der Waals surface area contributed by atoms with Crippen LogP contribution >= 0.6 is 0 Å². The van der Waals surface area contributed by atoms with Crippen molar-refractivity contribution >= 4 is 0 Å². The first-order valence-electron chi connectivity index (χ1n) is 5.19. The quantitative estimate of drug-likeness (QED) is 0.415. The van der Waals surface area contributed by atoms with Crippen molar-refractivity contribution in [3.05, 3.63) is 37.0 Å². The maximum absolute atomic E-state index is 8.28. The maximum atomic E-state index is 8.28. The van der Waals surface area contributed by atoms with Gasteiger partial charge in [-0.25, -0.2) is 0 Å². The molecule has 0 aromatic carbocycles. The molecule has 0 aliphatic rings. The van der Waals surface area contributed by atoms with Crippen LogP contribution in [0.2, 0.25) is 0 Å². The lowest BCUT2D eigenvalue weighted by Crippen LogP contribution is -1.68. The van der Waals surface area contributed by atoms with Gasteiger partial charge >= 0.3 is 0 Å². The number of allylic oxidation sites excluding steroid dienone is 5. The van der Waals surface area contributed by atoms with Gasteiger partial charge in [0.05, 0.1) is 6.07 Å². The number of nitriles is 1. The average Bonchev–Trinajstić information content (AvgIpc) is 2.21. The Bertz CT molecular complexity index is 218. The normalized spacial score (nSPS) is 10.8. The Balaban J connectivity index is 3.22. The van der Waals surface area contributed by atoms with Crippen molar-refractivity contribution in [2.24, 2.45) is 0 Å². The van der Waals surface area contributed by atoms with E-state index in [4.69, 9.17) is 5.26 Å². The molecule has 0 aliphatic carbocycles. The van der Waals surface area contributed by atoms with Crippen LogP contribution in [0.4, 0.5) is 0 Å². The van der Waals surface area contributed by atoms with E-state index in [2.05, 4.69) is 37.0 Å². The average molecular weight is 189 g/mol. The summed E-state index contributed by atoms with van der Waals surface area (Å²) < 4.78 is 0. The lowest BCUT2D eigenvalue weighted by molar-refractivity contribution is 0.867. The van der Waals surface area contributed by atoms with Gasteiger partial charge in [0.2, 0.25) is 0 Å². The molecule has 0 aromatic heterocycles. The van der Waals surface area contributed by atoms with Crippen LogP contribution in [0.25, 0.3) is 0 Å². The van der Waals surface area contributed by atoms with E-state index in [1.807, 2.05) is 6.08 Å². The highest BCUT2D eigenvalue weighted by atomic mass is 14.2. The van der Waals surface area contributed by atoms with Gasteiger partial charge in [0.1, 0.15) is 0 Å². The van der Waals surface area contributed by atoms with Crippen molar-refractivity contribution in [2.75, 3.05) is 0 Å². The van der Waals surface area contributed by atoms with E-state index in [9.17, 15) is 0 Å². The maximum Gasteiger partial charge on any atom is 0.0624 e. The Morgan fingerprint density at radius 1 is 1.00 bits per heavy atom. The van der Waals surface area contributed by atoms with Gasteiger partial charge in [0.15, 0.2) is 0 Å². The summed E-state index contributed by atoms with van der Waals surface area (Å²) in [5, 5.41) is 8.28. The Kier molecular flexibility index (Phi) is 10.6. The highest BCUT2D eigenvalue weighted by Crippen LogP contribution is 1.98. The fourth-order valence-corrected chi connectivity index (χ4v) is 1.03. The minimum atomic E-state index is 0.625. The minimum absolute atomic E-state index is 0.625. The highest BCUT2D eigenvalue weighted by molar-refractivity contribution is 4.93. The van der Waals surface area contributed by atoms with E-state index in [1.54, 1.807) is 0 Å². The van der Waals surface area contributed by atoms with Gasteiger partial charge in [-0.05, 0) is 32.1 Å². The number of nitrogens with zero attached hydrogens (tertiary/aromatic N) is 1. The van der Waals surface area contributed by atoms with E-state index in [1.165, 1.54) is 6.42 Å². The Morgan fingerprint density at radius 3 is 2.36 bits per heavy atom. The van der Waals surface area contributed by atoms with E-state index in [0.29, 0.717) is 6.42 Å². The van der Waals surface area contributed by atoms with Gasteiger partial charge in [0, 0.05) is 6.42 Å². The van der Waals surface area contributed by atoms with Crippen LogP contribution in [0.5, 0.6) is 0 Å². The number of rotatable bonds is 8. The van der Waals surface area contributed by atoms with E-state index in [-0.39, 0.29) is 0 Å². The van der Waals surface area contributed by atoms with Gasteiger partial charge in [-0.2, -0.15) is 5.26 Å². The van der Waals surface area contributed by atoms with Crippen LogP contribution < -0.4 is 0 Å². The minimum Gasteiger partial charge on any atom is -0.198 e. The molecule has 0 aliphatic heterocycles. The molecular weight excluding hydrogens is 170 g/mol. The van der Waals surface area contributed by atoms with Crippen molar-refractivity contribution in [2.45, 2.75) is 38.5 Å². The third kappa shape index (κ3) is 10.7. The standard InChI is InChI=1S/C13H19N/c1-2-3-4-5-6-7-8-9-10-11-12-13-14/h2,6-7,9-10H,1,3-5,8,11-12H2/b7-6+,10-9+. The smallest absolute Gasteiger partial charge is 0.0624 e. The topological polar surface area (TPSA) is 23.8 Å². The molecule has 0 heterocycles. The zero-order valence-corrected chi connectivity index (χ0v) is 8.78. The third-order valence-corrected chi connectivity index (χ3v) is 1.81. The van der Waals surface area contributed by atoms with E-state index in [0.717, 1.165) is 25.7 Å². The molecule has 0 N–H and O–H groups in total. The Morgan fingerprint density at radius 2 is 1.71 bits per heavy atom. The van der Waals surface area contributed by atoms with Gasteiger partial charge in [-0.3, -0.25) is 0 Å². The summed E-state index contributed by atoms with van der Waals surface area (Å²) in [6.07, 6.45) is 16.4. The molecule has 76 valence electrons. The summed E-state index contributed by atoms with van der Waals surface area (Å²) >= 11 is 0. The zero-order valence-electron chi connectivity index (χ0n) is 8.78.